The predicted octanol–water partition coefficient (Wildman–Crippen LogP) is 2.82. The summed E-state index contributed by atoms with van der Waals surface area (Å²) in [6, 6.07) is 0. The molecule has 0 aromatic carbocycles. The van der Waals surface area contributed by atoms with Gasteiger partial charge in [-0.2, -0.15) is 5.10 Å². The Morgan fingerprint density at radius 1 is 1.16 bits per heavy atom. The molecule has 0 spiro atoms. The number of carbonyl (C=O) groups excluding carboxylic acids is 1. The highest BCUT2D eigenvalue weighted by Crippen LogP contribution is 2.29. The third-order valence-electron chi connectivity index (χ3n) is 4.54. The number of aryl methyl sites for hydroxylation is 2. The van der Waals surface area contributed by atoms with E-state index in [0.717, 1.165) is 31.5 Å². The normalized spacial score (nSPS) is 20.1. The summed E-state index contributed by atoms with van der Waals surface area (Å²) in [6.07, 6.45) is 10.3. The summed E-state index contributed by atoms with van der Waals surface area (Å²) in [7, 11) is 1.94. The van der Waals surface area contributed by atoms with Crippen molar-refractivity contribution < 1.29 is 4.79 Å². The number of rotatable bonds is 2. The van der Waals surface area contributed by atoms with Crippen LogP contribution in [0.5, 0.6) is 0 Å². The van der Waals surface area contributed by atoms with Crippen LogP contribution < -0.4 is 5.32 Å². The molecular weight excluding hydrogens is 238 g/mol. The van der Waals surface area contributed by atoms with Crippen molar-refractivity contribution in [3.8, 4) is 0 Å². The summed E-state index contributed by atoms with van der Waals surface area (Å²) in [5.41, 5.74) is 2.46. The number of nitrogens with one attached hydrogen (secondary N) is 1. The van der Waals surface area contributed by atoms with Crippen LogP contribution in [-0.4, -0.2) is 15.7 Å². The van der Waals surface area contributed by atoms with Crippen LogP contribution in [0.15, 0.2) is 0 Å². The Bertz CT molecular complexity index is 472. The number of aromatic nitrogens is 2. The van der Waals surface area contributed by atoms with E-state index >= 15 is 0 Å². The smallest absolute Gasteiger partial charge is 0.228 e. The molecule has 1 heterocycles. The second kappa shape index (κ2) is 5.35. The van der Waals surface area contributed by atoms with Gasteiger partial charge in [-0.15, -0.1) is 0 Å². The van der Waals surface area contributed by atoms with Gasteiger partial charge in [0.1, 0.15) is 5.82 Å². The Balaban J connectivity index is 1.75. The van der Waals surface area contributed by atoms with Crippen molar-refractivity contribution >= 4 is 11.7 Å². The fraction of sp³-hybridized carbons (Fsp3) is 0.733. The van der Waals surface area contributed by atoms with Crippen molar-refractivity contribution in [2.45, 2.75) is 57.8 Å². The molecule has 1 N–H and O–H groups in total. The van der Waals surface area contributed by atoms with E-state index in [1.807, 2.05) is 11.7 Å². The minimum Gasteiger partial charge on any atom is -0.310 e. The fourth-order valence-electron chi connectivity index (χ4n) is 3.42. The predicted molar refractivity (Wildman–Crippen MR) is 75.1 cm³/mol. The molecule has 0 radical (unpaired) electrons. The summed E-state index contributed by atoms with van der Waals surface area (Å²) in [4.78, 5) is 12.4. The third-order valence-corrected chi connectivity index (χ3v) is 4.54. The van der Waals surface area contributed by atoms with Crippen LogP contribution in [0.4, 0.5) is 5.82 Å². The van der Waals surface area contributed by atoms with E-state index in [1.165, 1.54) is 43.4 Å². The van der Waals surface area contributed by atoms with E-state index in [2.05, 4.69) is 10.4 Å². The highest BCUT2D eigenvalue weighted by atomic mass is 16.2. The lowest BCUT2D eigenvalue weighted by molar-refractivity contribution is -0.120. The summed E-state index contributed by atoms with van der Waals surface area (Å²) < 4.78 is 1.86. The first-order chi connectivity index (χ1) is 9.25. The Kier molecular flexibility index (Phi) is 3.58. The molecule has 3 rings (SSSR count). The minimum absolute atomic E-state index is 0.205. The van der Waals surface area contributed by atoms with Gasteiger partial charge in [-0.1, -0.05) is 19.3 Å². The van der Waals surface area contributed by atoms with Gasteiger partial charge in [0.2, 0.25) is 5.91 Å². The quantitative estimate of drug-likeness (QED) is 0.890. The second-order valence-electron chi connectivity index (χ2n) is 5.93. The molecule has 2 aliphatic rings. The van der Waals surface area contributed by atoms with Gasteiger partial charge in [-0.25, -0.2) is 0 Å². The standard InChI is InChI=1S/C15H23N3O/c1-18-14(12-9-5-6-10-13(12)17-18)16-15(19)11-7-3-2-4-8-11/h11H,2-10H2,1H3,(H,16,19). The lowest BCUT2D eigenvalue weighted by atomic mass is 9.88. The Labute approximate surface area is 114 Å². The van der Waals surface area contributed by atoms with E-state index in [0.29, 0.717) is 0 Å². The molecule has 2 aliphatic carbocycles. The molecule has 19 heavy (non-hydrogen) atoms. The number of amides is 1. The van der Waals surface area contributed by atoms with Crippen LogP contribution in [0, 0.1) is 5.92 Å². The summed E-state index contributed by atoms with van der Waals surface area (Å²) >= 11 is 0. The van der Waals surface area contributed by atoms with Gasteiger partial charge in [-0.3, -0.25) is 9.48 Å². The van der Waals surface area contributed by atoms with E-state index in [9.17, 15) is 4.79 Å². The highest BCUT2D eigenvalue weighted by molar-refractivity contribution is 5.92. The molecular formula is C15H23N3O. The third kappa shape index (κ3) is 2.53. The monoisotopic (exact) mass is 261 g/mol. The SMILES string of the molecule is Cn1nc2c(c1NC(=O)C1CCCCC1)CCCC2. The number of carbonyl (C=O) groups is 1. The van der Waals surface area contributed by atoms with Crippen LogP contribution in [0.1, 0.15) is 56.2 Å². The molecule has 4 heteroatoms. The van der Waals surface area contributed by atoms with Crippen molar-refractivity contribution in [2.24, 2.45) is 13.0 Å². The Hall–Kier alpha value is -1.32. The van der Waals surface area contributed by atoms with Gasteiger partial charge in [0.25, 0.3) is 0 Å². The number of nitrogens with zero attached hydrogens (tertiary/aromatic N) is 2. The zero-order chi connectivity index (χ0) is 13.2. The van der Waals surface area contributed by atoms with Gasteiger partial charge < -0.3 is 5.32 Å². The van der Waals surface area contributed by atoms with Crippen molar-refractivity contribution in [1.82, 2.24) is 9.78 Å². The largest absolute Gasteiger partial charge is 0.310 e. The summed E-state index contributed by atoms with van der Waals surface area (Å²) in [6.45, 7) is 0. The van der Waals surface area contributed by atoms with Crippen molar-refractivity contribution in [1.29, 1.82) is 0 Å². The molecule has 0 aliphatic heterocycles. The van der Waals surface area contributed by atoms with Crippen molar-refractivity contribution in [3.63, 3.8) is 0 Å². The first-order valence-corrected chi connectivity index (χ1v) is 7.61. The molecule has 1 amide bonds. The Morgan fingerprint density at radius 2 is 1.89 bits per heavy atom. The number of anilines is 1. The van der Waals surface area contributed by atoms with Gasteiger partial charge in [-0.05, 0) is 38.5 Å². The van der Waals surface area contributed by atoms with E-state index in [1.54, 1.807) is 0 Å². The minimum atomic E-state index is 0.205. The fourth-order valence-corrected chi connectivity index (χ4v) is 3.42. The maximum absolute atomic E-state index is 12.4. The second-order valence-corrected chi connectivity index (χ2v) is 5.93. The number of hydrogen-bond donors (Lipinski definition) is 1. The van der Waals surface area contributed by atoms with Crippen molar-refractivity contribution in [2.75, 3.05) is 5.32 Å². The molecule has 1 aromatic heterocycles. The molecule has 0 unspecified atom stereocenters. The lowest BCUT2D eigenvalue weighted by Crippen LogP contribution is -2.26. The molecule has 0 saturated heterocycles. The molecule has 1 fully saturated rings. The average Bonchev–Trinajstić information content (AvgIpc) is 2.76. The lowest BCUT2D eigenvalue weighted by Gasteiger charge is -2.21. The zero-order valence-electron chi connectivity index (χ0n) is 11.7. The molecule has 4 nitrogen and oxygen atoms in total. The van der Waals surface area contributed by atoms with E-state index < -0.39 is 0 Å². The summed E-state index contributed by atoms with van der Waals surface area (Å²) in [5.74, 6) is 1.37. The van der Waals surface area contributed by atoms with Crippen LogP contribution in [0.25, 0.3) is 0 Å². The van der Waals surface area contributed by atoms with Crippen LogP contribution >= 0.6 is 0 Å². The van der Waals surface area contributed by atoms with Gasteiger partial charge in [0.15, 0.2) is 0 Å². The van der Waals surface area contributed by atoms with Crippen LogP contribution in [0.3, 0.4) is 0 Å². The van der Waals surface area contributed by atoms with Gasteiger partial charge in [0.05, 0.1) is 5.69 Å². The maximum atomic E-state index is 12.4. The van der Waals surface area contributed by atoms with Gasteiger partial charge in [0, 0.05) is 18.5 Å². The average molecular weight is 261 g/mol. The highest BCUT2D eigenvalue weighted by Gasteiger charge is 2.25. The number of hydrogen-bond acceptors (Lipinski definition) is 2. The molecule has 0 bridgehead atoms. The first-order valence-electron chi connectivity index (χ1n) is 7.61. The van der Waals surface area contributed by atoms with Crippen molar-refractivity contribution in [3.05, 3.63) is 11.3 Å². The van der Waals surface area contributed by atoms with E-state index in [4.69, 9.17) is 0 Å². The van der Waals surface area contributed by atoms with E-state index in [-0.39, 0.29) is 11.8 Å². The first kappa shape index (κ1) is 12.7. The molecule has 104 valence electrons. The topological polar surface area (TPSA) is 46.9 Å². The molecule has 1 aromatic rings. The number of fused-ring (bicyclic) bond motifs is 1. The zero-order valence-corrected chi connectivity index (χ0v) is 11.7. The maximum Gasteiger partial charge on any atom is 0.228 e. The van der Waals surface area contributed by atoms with Crippen LogP contribution in [-0.2, 0) is 24.7 Å². The summed E-state index contributed by atoms with van der Waals surface area (Å²) in [5, 5.41) is 7.70. The van der Waals surface area contributed by atoms with Crippen LogP contribution in [0.2, 0.25) is 0 Å². The Morgan fingerprint density at radius 3 is 2.68 bits per heavy atom. The molecule has 0 atom stereocenters. The molecule has 1 saturated carbocycles. The van der Waals surface area contributed by atoms with Gasteiger partial charge >= 0.3 is 0 Å².